The van der Waals surface area contributed by atoms with Crippen molar-refractivity contribution in [2.75, 3.05) is 10.6 Å². The quantitative estimate of drug-likeness (QED) is 0.344. The molecule has 8 nitrogen and oxygen atoms in total. The van der Waals surface area contributed by atoms with Gasteiger partial charge in [-0.1, -0.05) is 41.4 Å². The number of pyridine rings is 2. The molecule has 0 spiro atoms. The zero-order valence-electron chi connectivity index (χ0n) is 19.9. The highest BCUT2D eigenvalue weighted by Gasteiger charge is 2.36. The SMILES string of the molecule is O=C(Nc1ccccn1)c1ccc(CN2C(=O)c3ccc(Cl)cc3NC(=O)[C@H]2Cc2ccccn2)cc1Cl. The lowest BCUT2D eigenvalue weighted by molar-refractivity contribution is -0.120. The minimum absolute atomic E-state index is 0.0771. The van der Waals surface area contributed by atoms with Crippen LogP contribution in [-0.2, 0) is 17.8 Å². The molecule has 1 aliphatic heterocycles. The van der Waals surface area contributed by atoms with Gasteiger partial charge in [-0.3, -0.25) is 19.4 Å². The summed E-state index contributed by atoms with van der Waals surface area (Å²) in [6.07, 6.45) is 3.42. The molecule has 1 atom stereocenters. The number of amides is 3. The number of fused-ring (bicyclic) bond motifs is 1. The molecule has 38 heavy (non-hydrogen) atoms. The minimum Gasteiger partial charge on any atom is -0.323 e. The molecular weight excluding hydrogens is 525 g/mol. The highest BCUT2D eigenvalue weighted by Crippen LogP contribution is 2.29. The van der Waals surface area contributed by atoms with Crippen LogP contribution in [0.3, 0.4) is 0 Å². The zero-order valence-corrected chi connectivity index (χ0v) is 21.4. The molecule has 2 aromatic heterocycles. The van der Waals surface area contributed by atoms with Gasteiger partial charge in [0.15, 0.2) is 0 Å². The van der Waals surface area contributed by atoms with E-state index in [1.807, 2.05) is 6.07 Å². The van der Waals surface area contributed by atoms with Crippen molar-refractivity contribution in [3.63, 3.8) is 0 Å². The van der Waals surface area contributed by atoms with Crippen molar-refractivity contribution in [2.24, 2.45) is 0 Å². The third kappa shape index (κ3) is 5.51. The molecular formula is C28H21Cl2N5O3. The lowest BCUT2D eigenvalue weighted by atomic mass is 10.0. The summed E-state index contributed by atoms with van der Waals surface area (Å²) in [5.74, 6) is -0.717. The highest BCUT2D eigenvalue weighted by molar-refractivity contribution is 6.34. The summed E-state index contributed by atoms with van der Waals surface area (Å²) in [7, 11) is 0. The van der Waals surface area contributed by atoms with Crippen LogP contribution in [0.2, 0.25) is 10.0 Å². The molecule has 3 amide bonds. The second-order valence-corrected chi connectivity index (χ2v) is 9.48. The van der Waals surface area contributed by atoms with Gasteiger partial charge in [0.05, 0.1) is 21.8 Å². The molecule has 5 rings (SSSR count). The molecule has 190 valence electrons. The number of hydrogen-bond donors (Lipinski definition) is 2. The fourth-order valence-electron chi connectivity index (χ4n) is 4.22. The Balaban J connectivity index is 1.45. The Labute approximate surface area is 228 Å². The summed E-state index contributed by atoms with van der Waals surface area (Å²) in [5, 5.41) is 6.15. The largest absolute Gasteiger partial charge is 0.323 e. The number of nitrogens with one attached hydrogen (secondary N) is 2. The van der Waals surface area contributed by atoms with E-state index >= 15 is 0 Å². The van der Waals surface area contributed by atoms with Gasteiger partial charge >= 0.3 is 0 Å². The van der Waals surface area contributed by atoms with Gasteiger partial charge in [-0.05, 0) is 60.2 Å². The number of hydrogen-bond acceptors (Lipinski definition) is 5. The number of anilines is 2. The molecule has 0 saturated carbocycles. The molecule has 0 aliphatic carbocycles. The Bertz CT molecular complexity index is 1520. The van der Waals surface area contributed by atoms with Gasteiger partial charge in [0.1, 0.15) is 11.9 Å². The summed E-state index contributed by atoms with van der Waals surface area (Å²) < 4.78 is 0. The van der Waals surface area contributed by atoms with Crippen LogP contribution in [0.5, 0.6) is 0 Å². The van der Waals surface area contributed by atoms with Gasteiger partial charge < -0.3 is 15.5 Å². The first kappa shape index (κ1) is 25.4. The van der Waals surface area contributed by atoms with Gasteiger partial charge in [-0.25, -0.2) is 4.98 Å². The number of benzene rings is 2. The molecule has 4 aromatic rings. The van der Waals surface area contributed by atoms with Crippen LogP contribution in [0.25, 0.3) is 0 Å². The number of carbonyl (C=O) groups is 3. The third-order valence-corrected chi connectivity index (χ3v) is 6.62. The third-order valence-electron chi connectivity index (χ3n) is 6.08. The molecule has 10 heteroatoms. The summed E-state index contributed by atoms with van der Waals surface area (Å²) >= 11 is 12.6. The van der Waals surface area contributed by atoms with Crippen molar-refractivity contribution in [1.29, 1.82) is 0 Å². The van der Waals surface area contributed by atoms with Crippen LogP contribution in [-0.4, -0.2) is 38.6 Å². The molecule has 2 N–H and O–H groups in total. The summed E-state index contributed by atoms with van der Waals surface area (Å²) in [6.45, 7) is 0.0771. The van der Waals surface area contributed by atoms with Crippen LogP contribution in [0.15, 0.2) is 85.2 Å². The second-order valence-electron chi connectivity index (χ2n) is 8.64. The molecule has 0 unspecified atom stereocenters. The van der Waals surface area contributed by atoms with Crippen molar-refractivity contribution < 1.29 is 14.4 Å². The van der Waals surface area contributed by atoms with Crippen molar-refractivity contribution in [2.45, 2.75) is 19.0 Å². The van der Waals surface area contributed by atoms with Gasteiger partial charge in [0, 0.05) is 36.1 Å². The topological polar surface area (TPSA) is 104 Å². The van der Waals surface area contributed by atoms with Crippen molar-refractivity contribution in [1.82, 2.24) is 14.9 Å². The Kier molecular flexibility index (Phi) is 7.35. The molecule has 3 heterocycles. The Morgan fingerprint density at radius 1 is 0.947 bits per heavy atom. The molecule has 2 aromatic carbocycles. The van der Waals surface area contributed by atoms with E-state index in [0.717, 1.165) is 0 Å². The maximum atomic E-state index is 13.7. The first-order valence-electron chi connectivity index (χ1n) is 11.7. The van der Waals surface area contributed by atoms with E-state index in [1.165, 1.54) is 4.90 Å². The first-order valence-corrected chi connectivity index (χ1v) is 12.5. The summed E-state index contributed by atoms with van der Waals surface area (Å²) in [6, 6.07) is 19.4. The van der Waals surface area contributed by atoms with Gasteiger partial charge in [-0.15, -0.1) is 0 Å². The summed E-state index contributed by atoms with van der Waals surface area (Å²) in [4.78, 5) is 49.7. The van der Waals surface area contributed by atoms with E-state index in [9.17, 15) is 14.4 Å². The Hall–Kier alpha value is -4.27. The number of aromatic nitrogens is 2. The monoisotopic (exact) mass is 545 g/mol. The zero-order chi connectivity index (χ0) is 26.6. The van der Waals surface area contributed by atoms with E-state index in [0.29, 0.717) is 33.3 Å². The molecule has 0 fully saturated rings. The van der Waals surface area contributed by atoms with Crippen LogP contribution in [0.4, 0.5) is 11.5 Å². The van der Waals surface area contributed by atoms with E-state index in [-0.39, 0.29) is 35.4 Å². The van der Waals surface area contributed by atoms with E-state index in [1.54, 1.807) is 79.1 Å². The smallest absolute Gasteiger partial charge is 0.258 e. The predicted molar refractivity (Wildman–Crippen MR) is 145 cm³/mol. The van der Waals surface area contributed by atoms with Crippen LogP contribution < -0.4 is 10.6 Å². The maximum absolute atomic E-state index is 13.7. The number of rotatable bonds is 6. The van der Waals surface area contributed by atoms with Crippen molar-refractivity contribution in [3.05, 3.63) is 118 Å². The lowest BCUT2D eigenvalue weighted by Gasteiger charge is -2.29. The molecule has 0 saturated heterocycles. The van der Waals surface area contributed by atoms with E-state index < -0.39 is 11.9 Å². The fourth-order valence-corrected chi connectivity index (χ4v) is 4.68. The Morgan fingerprint density at radius 2 is 1.74 bits per heavy atom. The molecule has 0 bridgehead atoms. The molecule has 0 radical (unpaired) electrons. The number of nitrogens with zero attached hydrogens (tertiary/aromatic N) is 3. The van der Waals surface area contributed by atoms with Gasteiger partial charge in [0.2, 0.25) is 5.91 Å². The summed E-state index contributed by atoms with van der Waals surface area (Å²) in [5.41, 5.74) is 2.23. The number of halogens is 2. The normalized spacial score (nSPS) is 14.9. The lowest BCUT2D eigenvalue weighted by Crippen LogP contribution is -2.46. The number of carbonyl (C=O) groups excluding carboxylic acids is 3. The van der Waals surface area contributed by atoms with Crippen LogP contribution in [0.1, 0.15) is 32.0 Å². The Morgan fingerprint density at radius 3 is 2.45 bits per heavy atom. The average molecular weight is 546 g/mol. The van der Waals surface area contributed by atoms with Gasteiger partial charge in [-0.2, -0.15) is 0 Å². The van der Waals surface area contributed by atoms with E-state index in [2.05, 4.69) is 20.6 Å². The van der Waals surface area contributed by atoms with E-state index in [4.69, 9.17) is 23.2 Å². The van der Waals surface area contributed by atoms with Crippen molar-refractivity contribution in [3.8, 4) is 0 Å². The van der Waals surface area contributed by atoms with Gasteiger partial charge in [0.25, 0.3) is 11.8 Å². The fraction of sp³-hybridized carbons (Fsp3) is 0.107. The van der Waals surface area contributed by atoms with Crippen LogP contribution in [0, 0.1) is 0 Å². The second kappa shape index (κ2) is 11.0. The standard InChI is InChI=1S/C28H21Cl2N5O3/c29-18-8-10-21-23(14-18)33-27(37)24(15-19-5-1-3-11-31-19)35(28(21)38)16-17-7-9-20(22(30)13-17)26(36)34-25-6-2-4-12-32-25/h1-14,24H,15-16H2,(H,33,37)(H,32,34,36)/t24-/m1/s1. The maximum Gasteiger partial charge on any atom is 0.258 e. The predicted octanol–water partition coefficient (Wildman–Crippen LogP) is 5.24. The van der Waals surface area contributed by atoms with Crippen molar-refractivity contribution >= 4 is 52.4 Å². The average Bonchev–Trinajstić information content (AvgIpc) is 2.99. The molecule has 1 aliphatic rings. The highest BCUT2D eigenvalue weighted by atomic mass is 35.5. The minimum atomic E-state index is -0.852. The first-order chi connectivity index (χ1) is 18.4. The van der Waals surface area contributed by atoms with Crippen LogP contribution >= 0.6 is 23.2 Å².